The van der Waals surface area contributed by atoms with Crippen molar-refractivity contribution in [3.63, 3.8) is 0 Å². The highest BCUT2D eigenvalue weighted by Crippen LogP contribution is 2.32. The first-order valence-corrected chi connectivity index (χ1v) is 7.41. The van der Waals surface area contributed by atoms with E-state index in [-0.39, 0.29) is 11.4 Å². The lowest BCUT2D eigenvalue weighted by atomic mass is 10.1. The molecule has 0 heterocycles. The van der Waals surface area contributed by atoms with Crippen molar-refractivity contribution in [1.82, 2.24) is 0 Å². The van der Waals surface area contributed by atoms with E-state index in [4.69, 9.17) is 16.3 Å². The monoisotopic (exact) mass is 339 g/mol. The van der Waals surface area contributed by atoms with Crippen LogP contribution in [0.2, 0.25) is 0 Å². The van der Waals surface area contributed by atoms with E-state index in [1.54, 1.807) is 49.6 Å². The molecule has 128 valence electrons. The molecule has 3 aromatic carbocycles. The molecule has 0 aliphatic carbocycles. The Balaban J connectivity index is 1.92. The van der Waals surface area contributed by atoms with Crippen molar-refractivity contribution in [2.75, 3.05) is 28.9 Å². The van der Waals surface area contributed by atoms with Crippen molar-refractivity contribution in [2.45, 2.75) is 0 Å². The second kappa shape index (κ2) is 6.54. The number of nitrogen functional groups attached to an aromatic ring is 2. The predicted molar refractivity (Wildman–Crippen MR) is 99.6 cm³/mol. The Morgan fingerprint density at radius 3 is 2.28 bits per heavy atom. The van der Waals surface area contributed by atoms with E-state index in [1.165, 1.54) is 0 Å². The number of nitrogens with one attached hydrogen (secondary N) is 3. The molecule has 0 unspecified atom stereocenters. The molecule has 0 aliphatic rings. The number of hydrogen-bond acceptors (Lipinski definition) is 8. The van der Waals surface area contributed by atoms with Crippen LogP contribution in [0.25, 0.3) is 0 Å². The molecule has 0 atom stereocenters. The van der Waals surface area contributed by atoms with Crippen molar-refractivity contribution in [3.8, 4) is 5.75 Å². The molecule has 0 radical (unpaired) electrons. The van der Waals surface area contributed by atoms with Crippen LogP contribution in [0.3, 0.4) is 0 Å². The smallest absolute Gasteiger partial charge is 0.253 e. The molecule has 0 saturated heterocycles. The van der Waals surface area contributed by atoms with Gasteiger partial charge in [-0.2, -0.15) is 0 Å². The van der Waals surface area contributed by atoms with E-state index in [2.05, 4.69) is 16.1 Å². The first-order chi connectivity index (χ1) is 12.0. The average molecular weight is 339 g/mol. The minimum Gasteiger partial charge on any atom is -0.497 e. The van der Waals surface area contributed by atoms with Gasteiger partial charge in [-0.25, -0.2) is 0 Å². The standard InChI is InChI=1S/C17H17N5O3/c1-25-10-5-2-4-9(8-10)20-14-15(17(24)16(14)23)21-12-7-3-6-11(18)13(12)22-19/h2-8,20-22H,18-19H2,1H3. The summed E-state index contributed by atoms with van der Waals surface area (Å²) >= 11 is 0. The summed E-state index contributed by atoms with van der Waals surface area (Å²) in [6, 6.07) is 12.1. The Morgan fingerprint density at radius 2 is 1.60 bits per heavy atom. The van der Waals surface area contributed by atoms with E-state index in [0.29, 0.717) is 28.5 Å². The first kappa shape index (κ1) is 16.3. The Kier molecular flexibility index (Phi) is 4.27. The zero-order valence-electron chi connectivity index (χ0n) is 13.4. The Hall–Kier alpha value is -3.52. The molecule has 8 heteroatoms. The molecule has 0 saturated carbocycles. The van der Waals surface area contributed by atoms with E-state index < -0.39 is 10.9 Å². The first-order valence-electron chi connectivity index (χ1n) is 7.41. The van der Waals surface area contributed by atoms with E-state index in [9.17, 15) is 9.59 Å². The van der Waals surface area contributed by atoms with Gasteiger partial charge in [0.05, 0.1) is 24.2 Å². The van der Waals surface area contributed by atoms with E-state index >= 15 is 0 Å². The number of hydrazine groups is 1. The van der Waals surface area contributed by atoms with Crippen molar-refractivity contribution in [1.29, 1.82) is 0 Å². The fourth-order valence-corrected chi connectivity index (χ4v) is 2.45. The van der Waals surface area contributed by atoms with Gasteiger partial charge >= 0.3 is 0 Å². The van der Waals surface area contributed by atoms with Crippen molar-refractivity contribution >= 4 is 34.1 Å². The number of methoxy groups -OCH3 is 1. The van der Waals surface area contributed by atoms with Crippen LogP contribution >= 0.6 is 0 Å². The molecule has 8 nitrogen and oxygen atoms in total. The Labute approximate surface area is 143 Å². The molecular weight excluding hydrogens is 322 g/mol. The normalized spacial score (nSPS) is 10.5. The second-order valence-corrected chi connectivity index (χ2v) is 5.30. The minimum atomic E-state index is -0.615. The minimum absolute atomic E-state index is 0.148. The molecule has 25 heavy (non-hydrogen) atoms. The van der Waals surface area contributed by atoms with Gasteiger partial charge in [-0.3, -0.25) is 15.4 Å². The number of anilines is 6. The quantitative estimate of drug-likeness (QED) is 0.198. The zero-order valence-corrected chi connectivity index (χ0v) is 13.4. The zero-order chi connectivity index (χ0) is 18.0. The molecule has 0 aliphatic heterocycles. The van der Waals surface area contributed by atoms with E-state index in [1.807, 2.05) is 0 Å². The lowest BCUT2D eigenvalue weighted by Crippen LogP contribution is -2.36. The maximum atomic E-state index is 12.0. The molecule has 7 N–H and O–H groups in total. The summed E-state index contributed by atoms with van der Waals surface area (Å²) in [7, 11) is 1.55. The summed E-state index contributed by atoms with van der Waals surface area (Å²) < 4.78 is 5.14. The molecule has 3 aromatic rings. The lowest BCUT2D eigenvalue weighted by Gasteiger charge is -2.18. The molecular formula is C17H17N5O3. The van der Waals surface area contributed by atoms with Crippen LogP contribution in [-0.4, -0.2) is 7.11 Å². The van der Waals surface area contributed by atoms with Gasteiger partial charge in [-0.15, -0.1) is 0 Å². The highest BCUT2D eigenvalue weighted by atomic mass is 16.5. The highest BCUT2D eigenvalue weighted by molar-refractivity contribution is 5.89. The SMILES string of the molecule is COc1cccc(Nc2c(Nc3cccc(N)c3NN)c(=O)c2=O)c1. The van der Waals surface area contributed by atoms with Crippen LogP contribution < -0.4 is 43.2 Å². The number of ether oxygens (including phenoxy) is 1. The third kappa shape index (κ3) is 2.98. The Bertz CT molecular complexity index is 992. The van der Waals surface area contributed by atoms with Crippen LogP contribution in [0.15, 0.2) is 52.1 Å². The summed E-state index contributed by atoms with van der Waals surface area (Å²) in [6.07, 6.45) is 0. The summed E-state index contributed by atoms with van der Waals surface area (Å²) in [6.45, 7) is 0. The molecule has 0 fully saturated rings. The van der Waals surface area contributed by atoms with Gasteiger partial charge in [0.2, 0.25) is 0 Å². The highest BCUT2D eigenvalue weighted by Gasteiger charge is 2.22. The summed E-state index contributed by atoms with van der Waals surface area (Å²) in [5.74, 6) is 6.10. The van der Waals surface area contributed by atoms with Gasteiger partial charge in [0.1, 0.15) is 17.1 Å². The number of rotatable bonds is 6. The number of hydrogen-bond donors (Lipinski definition) is 5. The largest absolute Gasteiger partial charge is 0.497 e. The second-order valence-electron chi connectivity index (χ2n) is 5.30. The molecule has 0 amide bonds. The van der Waals surface area contributed by atoms with Crippen molar-refractivity contribution in [2.24, 2.45) is 5.84 Å². The van der Waals surface area contributed by atoms with Crippen molar-refractivity contribution < 1.29 is 4.74 Å². The molecule has 0 aromatic heterocycles. The molecule has 3 rings (SSSR count). The number of benzene rings is 2. The number of nitrogens with two attached hydrogens (primary N) is 2. The van der Waals surface area contributed by atoms with E-state index in [0.717, 1.165) is 0 Å². The maximum absolute atomic E-state index is 12.0. The number of para-hydroxylation sites is 1. The van der Waals surface area contributed by atoms with Gasteiger partial charge < -0.3 is 26.5 Å². The average Bonchev–Trinajstić information content (AvgIpc) is 2.64. The van der Waals surface area contributed by atoms with Crippen molar-refractivity contribution in [3.05, 3.63) is 62.9 Å². The van der Waals surface area contributed by atoms with Gasteiger partial charge in [0.25, 0.3) is 10.9 Å². The fourth-order valence-electron chi connectivity index (χ4n) is 2.45. The van der Waals surface area contributed by atoms with Crippen LogP contribution in [-0.2, 0) is 0 Å². The van der Waals surface area contributed by atoms with Gasteiger partial charge in [-0.1, -0.05) is 12.1 Å². The van der Waals surface area contributed by atoms with Crippen LogP contribution in [0.1, 0.15) is 0 Å². The summed E-state index contributed by atoms with van der Waals surface area (Å²) in [5, 5.41) is 5.85. The topological polar surface area (TPSA) is 132 Å². The van der Waals surface area contributed by atoms with Crippen LogP contribution in [0.5, 0.6) is 5.75 Å². The van der Waals surface area contributed by atoms with Gasteiger partial charge in [0.15, 0.2) is 0 Å². The third-order valence-corrected chi connectivity index (χ3v) is 3.75. The molecule has 0 bridgehead atoms. The lowest BCUT2D eigenvalue weighted by molar-refractivity contribution is 0.415. The van der Waals surface area contributed by atoms with Crippen LogP contribution in [0, 0.1) is 0 Å². The third-order valence-electron chi connectivity index (χ3n) is 3.75. The summed E-state index contributed by atoms with van der Waals surface area (Å²) in [5.41, 5.74) is 9.38. The van der Waals surface area contributed by atoms with Crippen LogP contribution in [0.4, 0.5) is 34.1 Å². The maximum Gasteiger partial charge on any atom is 0.253 e. The predicted octanol–water partition coefficient (Wildman–Crippen LogP) is 1.65. The van der Waals surface area contributed by atoms with Gasteiger partial charge in [-0.05, 0) is 24.3 Å². The summed E-state index contributed by atoms with van der Waals surface area (Å²) in [4.78, 5) is 23.9. The fraction of sp³-hybridized carbons (Fsp3) is 0.0588. The Morgan fingerprint density at radius 1 is 0.920 bits per heavy atom. The van der Waals surface area contributed by atoms with Gasteiger partial charge in [0, 0.05) is 11.8 Å². The molecule has 0 spiro atoms.